The van der Waals surface area contributed by atoms with E-state index in [-0.39, 0.29) is 24.5 Å². The van der Waals surface area contributed by atoms with Gasteiger partial charge in [-0.1, -0.05) is 12.1 Å². The molecule has 2 N–H and O–H groups in total. The van der Waals surface area contributed by atoms with Crippen LogP contribution < -0.4 is 14.8 Å². The molecule has 0 radical (unpaired) electrons. The van der Waals surface area contributed by atoms with E-state index in [4.69, 9.17) is 14.2 Å². The highest BCUT2D eigenvalue weighted by Crippen LogP contribution is 2.18. The van der Waals surface area contributed by atoms with E-state index < -0.39 is 23.8 Å². The summed E-state index contributed by atoms with van der Waals surface area (Å²) in [6.07, 6.45) is -1.33. The van der Waals surface area contributed by atoms with Crippen molar-refractivity contribution in [1.82, 2.24) is 5.32 Å². The Kier molecular flexibility index (Phi) is 7.57. The molecular weight excluding hydrogens is 357 g/mol. The molecule has 0 aliphatic carbocycles. The van der Waals surface area contributed by atoms with E-state index in [2.05, 4.69) is 5.32 Å². The number of hydrogen-bond acceptors (Lipinski definition) is 5. The Morgan fingerprint density at radius 2 is 1.81 bits per heavy atom. The van der Waals surface area contributed by atoms with E-state index in [0.29, 0.717) is 12.4 Å². The largest absolute Gasteiger partial charge is 0.490 e. The first kappa shape index (κ1) is 20.2. The fourth-order valence-corrected chi connectivity index (χ4v) is 2.15. The Labute approximate surface area is 155 Å². The molecule has 0 aromatic heterocycles. The van der Waals surface area contributed by atoms with Gasteiger partial charge >= 0.3 is 5.97 Å². The maximum Gasteiger partial charge on any atom is 0.346 e. The Balaban J connectivity index is 1.99. The number of aliphatic carboxylic acids is 1. The third-order valence-electron chi connectivity index (χ3n) is 3.49. The third-order valence-corrected chi connectivity index (χ3v) is 3.49. The van der Waals surface area contributed by atoms with Crippen LogP contribution in [0.1, 0.15) is 10.4 Å². The molecule has 1 unspecified atom stereocenters. The van der Waals surface area contributed by atoms with Crippen molar-refractivity contribution < 1.29 is 33.3 Å². The van der Waals surface area contributed by atoms with Gasteiger partial charge in [-0.15, -0.1) is 0 Å². The summed E-state index contributed by atoms with van der Waals surface area (Å²) in [5, 5.41) is 11.8. The Morgan fingerprint density at radius 1 is 1.11 bits per heavy atom. The van der Waals surface area contributed by atoms with Gasteiger partial charge in [0.05, 0.1) is 18.7 Å². The second kappa shape index (κ2) is 10.1. The molecule has 0 saturated heterocycles. The zero-order chi connectivity index (χ0) is 19.6. The number of carboxylic acid groups (broad SMARTS) is 1. The molecule has 144 valence electrons. The SMILES string of the molecule is COCCOc1ccccc1C(=O)NCC(Oc1ccc(F)cc1)C(=O)O. The minimum Gasteiger partial charge on any atom is -0.490 e. The molecule has 7 nitrogen and oxygen atoms in total. The molecule has 0 heterocycles. The van der Waals surface area contributed by atoms with Gasteiger partial charge in [0, 0.05) is 7.11 Å². The second-order valence-corrected chi connectivity index (χ2v) is 5.45. The lowest BCUT2D eigenvalue weighted by Crippen LogP contribution is -2.40. The maximum atomic E-state index is 12.9. The number of carbonyl (C=O) groups excluding carboxylic acids is 1. The van der Waals surface area contributed by atoms with Crippen molar-refractivity contribution >= 4 is 11.9 Å². The van der Waals surface area contributed by atoms with Crippen LogP contribution in [0.4, 0.5) is 4.39 Å². The van der Waals surface area contributed by atoms with Crippen molar-refractivity contribution in [2.75, 3.05) is 26.9 Å². The molecule has 8 heteroatoms. The number of amides is 1. The first-order valence-electron chi connectivity index (χ1n) is 8.15. The summed E-state index contributed by atoms with van der Waals surface area (Å²) in [6, 6.07) is 11.5. The minimum atomic E-state index is -1.33. The van der Waals surface area contributed by atoms with E-state index in [1.807, 2.05) is 0 Å². The number of halogens is 1. The Hall–Kier alpha value is -3.13. The average molecular weight is 377 g/mol. The molecule has 0 saturated carbocycles. The molecular formula is C19H20FNO6. The molecule has 0 aliphatic heterocycles. The summed E-state index contributed by atoms with van der Waals surface area (Å²) in [5.41, 5.74) is 0.263. The van der Waals surface area contributed by atoms with E-state index in [1.165, 1.54) is 19.2 Å². The number of ether oxygens (including phenoxy) is 3. The van der Waals surface area contributed by atoms with Crippen molar-refractivity contribution in [3.8, 4) is 11.5 Å². The van der Waals surface area contributed by atoms with Gasteiger partial charge in [0.2, 0.25) is 6.10 Å². The molecule has 1 atom stereocenters. The summed E-state index contributed by atoms with van der Waals surface area (Å²) in [6.45, 7) is 0.354. The highest BCUT2D eigenvalue weighted by molar-refractivity contribution is 5.97. The molecule has 0 aliphatic rings. The first-order valence-corrected chi connectivity index (χ1v) is 8.15. The standard InChI is InChI=1S/C19H20FNO6/c1-25-10-11-26-16-5-3-2-4-15(16)18(22)21-12-17(19(23)24)27-14-8-6-13(20)7-9-14/h2-9,17H,10-12H2,1H3,(H,21,22)(H,23,24). The lowest BCUT2D eigenvalue weighted by Gasteiger charge is -2.16. The van der Waals surface area contributed by atoms with Crippen LogP contribution in [0.2, 0.25) is 0 Å². The Bertz CT molecular complexity index is 765. The van der Waals surface area contributed by atoms with Crippen molar-refractivity contribution in [2.45, 2.75) is 6.10 Å². The number of benzene rings is 2. The second-order valence-electron chi connectivity index (χ2n) is 5.45. The van der Waals surface area contributed by atoms with Crippen LogP contribution in [0, 0.1) is 5.82 Å². The molecule has 0 fully saturated rings. The van der Waals surface area contributed by atoms with E-state index in [9.17, 15) is 19.1 Å². The monoisotopic (exact) mass is 377 g/mol. The number of nitrogens with one attached hydrogen (secondary N) is 1. The van der Waals surface area contributed by atoms with Gasteiger partial charge in [0.1, 0.15) is 23.9 Å². The minimum absolute atomic E-state index is 0.182. The predicted octanol–water partition coefficient (Wildman–Crippen LogP) is 2.11. The lowest BCUT2D eigenvalue weighted by molar-refractivity contribution is -0.144. The average Bonchev–Trinajstić information content (AvgIpc) is 2.66. The van der Waals surface area contributed by atoms with Gasteiger partial charge in [-0.05, 0) is 36.4 Å². The van der Waals surface area contributed by atoms with Crippen LogP contribution in [-0.2, 0) is 9.53 Å². The van der Waals surface area contributed by atoms with Crippen LogP contribution in [0.15, 0.2) is 48.5 Å². The van der Waals surface area contributed by atoms with Gasteiger partial charge in [-0.2, -0.15) is 0 Å². The summed E-state index contributed by atoms with van der Waals surface area (Å²) in [7, 11) is 1.54. The quantitative estimate of drug-likeness (QED) is 0.616. The topological polar surface area (TPSA) is 94.1 Å². The number of para-hydroxylation sites is 1. The van der Waals surface area contributed by atoms with Gasteiger partial charge < -0.3 is 24.6 Å². The van der Waals surface area contributed by atoms with Crippen LogP contribution in [0.5, 0.6) is 11.5 Å². The van der Waals surface area contributed by atoms with Gasteiger partial charge in [0.25, 0.3) is 5.91 Å². The highest BCUT2D eigenvalue weighted by atomic mass is 19.1. The number of rotatable bonds is 10. The van der Waals surface area contributed by atoms with Crippen molar-refractivity contribution in [2.24, 2.45) is 0 Å². The molecule has 0 bridgehead atoms. The fourth-order valence-electron chi connectivity index (χ4n) is 2.15. The summed E-state index contributed by atoms with van der Waals surface area (Å²) < 4.78 is 28.6. The zero-order valence-corrected chi connectivity index (χ0v) is 14.7. The first-order chi connectivity index (χ1) is 13.0. The van der Waals surface area contributed by atoms with Crippen LogP contribution in [0.25, 0.3) is 0 Å². The zero-order valence-electron chi connectivity index (χ0n) is 14.7. The van der Waals surface area contributed by atoms with E-state index >= 15 is 0 Å². The predicted molar refractivity (Wildman–Crippen MR) is 94.6 cm³/mol. The van der Waals surface area contributed by atoms with Crippen LogP contribution >= 0.6 is 0 Å². The van der Waals surface area contributed by atoms with Gasteiger partial charge in [0.15, 0.2) is 0 Å². The summed E-state index contributed by atoms with van der Waals surface area (Å²) in [5.74, 6) is -1.69. The molecule has 0 spiro atoms. The number of hydrogen-bond donors (Lipinski definition) is 2. The molecule has 27 heavy (non-hydrogen) atoms. The molecule has 2 aromatic carbocycles. The fraction of sp³-hybridized carbons (Fsp3) is 0.263. The highest BCUT2D eigenvalue weighted by Gasteiger charge is 2.22. The van der Waals surface area contributed by atoms with Crippen molar-refractivity contribution in [1.29, 1.82) is 0 Å². The third kappa shape index (κ3) is 6.27. The van der Waals surface area contributed by atoms with E-state index in [1.54, 1.807) is 24.3 Å². The Morgan fingerprint density at radius 3 is 2.48 bits per heavy atom. The molecule has 1 amide bonds. The lowest BCUT2D eigenvalue weighted by atomic mass is 10.2. The van der Waals surface area contributed by atoms with Gasteiger partial charge in [-0.3, -0.25) is 4.79 Å². The number of methoxy groups -OCH3 is 1. The summed E-state index contributed by atoms with van der Waals surface area (Å²) in [4.78, 5) is 23.8. The van der Waals surface area contributed by atoms with E-state index in [0.717, 1.165) is 12.1 Å². The van der Waals surface area contributed by atoms with Gasteiger partial charge in [-0.25, -0.2) is 9.18 Å². The van der Waals surface area contributed by atoms with Crippen LogP contribution in [0.3, 0.4) is 0 Å². The van der Waals surface area contributed by atoms with Crippen molar-refractivity contribution in [3.63, 3.8) is 0 Å². The molecule has 2 rings (SSSR count). The normalized spacial score (nSPS) is 11.5. The smallest absolute Gasteiger partial charge is 0.346 e. The molecule has 2 aromatic rings. The summed E-state index contributed by atoms with van der Waals surface area (Å²) >= 11 is 0. The number of carbonyl (C=O) groups is 2. The maximum absolute atomic E-state index is 12.9. The van der Waals surface area contributed by atoms with Crippen molar-refractivity contribution in [3.05, 3.63) is 59.9 Å². The number of carboxylic acids is 1. The van der Waals surface area contributed by atoms with Crippen LogP contribution in [-0.4, -0.2) is 50.0 Å².